The Morgan fingerprint density at radius 3 is 2.42 bits per heavy atom. The van der Waals surface area contributed by atoms with Crippen molar-refractivity contribution in [2.24, 2.45) is 11.8 Å². The van der Waals surface area contributed by atoms with Gasteiger partial charge in [0.15, 0.2) is 0 Å². The summed E-state index contributed by atoms with van der Waals surface area (Å²) in [6.45, 7) is 16.9. The van der Waals surface area contributed by atoms with Gasteiger partial charge in [0.1, 0.15) is 0 Å². The fourth-order valence-electron chi connectivity index (χ4n) is 3.00. The average Bonchev–Trinajstić information content (AvgIpc) is 2.45. The highest BCUT2D eigenvalue weighted by molar-refractivity contribution is 5.09. The molecule has 3 atom stereocenters. The van der Waals surface area contributed by atoms with Gasteiger partial charge in [-0.2, -0.15) is 0 Å². The molecule has 2 aliphatic heterocycles. The Kier molecular flexibility index (Phi) is 4.41. The number of rotatable bonds is 3. The van der Waals surface area contributed by atoms with Crippen LogP contribution in [0.2, 0.25) is 0 Å². The molecule has 0 aromatic carbocycles. The molecular weight excluding hydrogens is 236 g/mol. The summed E-state index contributed by atoms with van der Waals surface area (Å²) in [5.41, 5.74) is 1.47. The van der Waals surface area contributed by atoms with Gasteiger partial charge in [0, 0.05) is 17.9 Å². The summed E-state index contributed by atoms with van der Waals surface area (Å²) in [5.74, 6) is 1.22. The Balaban J connectivity index is 2.36. The van der Waals surface area contributed by atoms with Crippen LogP contribution in [0.1, 0.15) is 41.5 Å². The molecule has 2 bridgehead atoms. The number of hydrogen-bond donors (Lipinski definition) is 1. The van der Waals surface area contributed by atoms with E-state index in [1.54, 1.807) is 0 Å². The Hall–Kier alpha value is -0.740. The zero-order valence-electron chi connectivity index (χ0n) is 13.3. The lowest BCUT2D eigenvalue weighted by Crippen LogP contribution is -2.57. The quantitative estimate of drug-likeness (QED) is 0.846. The van der Waals surface area contributed by atoms with Crippen LogP contribution in [0.25, 0.3) is 0 Å². The van der Waals surface area contributed by atoms with Crippen molar-refractivity contribution < 1.29 is 0 Å². The second-order valence-electron chi connectivity index (χ2n) is 6.62. The molecule has 0 aromatic heterocycles. The van der Waals surface area contributed by atoms with Crippen LogP contribution in [0.15, 0.2) is 11.9 Å². The lowest BCUT2D eigenvalue weighted by molar-refractivity contribution is -0.00206. The molecule has 0 saturated carbocycles. The van der Waals surface area contributed by atoms with Crippen LogP contribution in [0, 0.1) is 11.8 Å². The molecule has 110 valence electrons. The average molecular weight is 266 g/mol. The van der Waals surface area contributed by atoms with E-state index in [-0.39, 0.29) is 0 Å². The van der Waals surface area contributed by atoms with E-state index in [0.717, 1.165) is 20.0 Å². The monoisotopic (exact) mass is 266 g/mol. The van der Waals surface area contributed by atoms with Gasteiger partial charge in [-0.25, -0.2) is 0 Å². The molecule has 4 nitrogen and oxygen atoms in total. The molecule has 2 heterocycles. The highest BCUT2D eigenvalue weighted by Crippen LogP contribution is 2.29. The van der Waals surface area contributed by atoms with E-state index in [1.807, 2.05) is 0 Å². The predicted molar refractivity (Wildman–Crippen MR) is 79.9 cm³/mol. The van der Waals surface area contributed by atoms with E-state index in [4.69, 9.17) is 0 Å². The molecule has 19 heavy (non-hydrogen) atoms. The third-order valence-electron chi connectivity index (χ3n) is 4.53. The predicted octanol–water partition coefficient (Wildman–Crippen LogP) is 2.27. The first kappa shape index (κ1) is 14.7. The van der Waals surface area contributed by atoms with E-state index in [1.165, 1.54) is 5.70 Å². The summed E-state index contributed by atoms with van der Waals surface area (Å²) < 4.78 is 0. The van der Waals surface area contributed by atoms with E-state index in [9.17, 15) is 0 Å². The molecule has 0 aromatic rings. The van der Waals surface area contributed by atoms with Gasteiger partial charge in [0.2, 0.25) is 0 Å². The van der Waals surface area contributed by atoms with Gasteiger partial charge in [-0.05, 0) is 25.7 Å². The van der Waals surface area contributed by atoms with Gasteiger partial charge in [-0.1, -0.05) is 27.7 Å². The molecule has 0 aliphatic carbocycles. The fourth-order valence-corrected chi connectivity index (χ4v) is 3.00. The van der Waals surface area contributed by atoms with Gasteiger partial charge >= 0.3 is 0 Å². The highest BCUT2D eigenvalue weighted by atomic mass is 15.5. The van der Waals surface area contributed by atoms with E-state index in [2.05, 4.69) is 67.8 Å². The summed E-state index contributed by atoms with van der Waals surface area (Å²) in [7, 11) is 0. The molecule has 1 fully saturated rings. The first-order chi connectivity index (χ1) is 8.91. The van der Waals surface area contributed by atoms with Crippen molar-refractivity contribution in [3.05, 3.63) is 11.9 Å². The van der Waals surface area contributed by atoms with E-state index in [0.29, 0.717) is 24.0 Å². The molecule has 2 rings (SSSR count). The van der Waals surface area contributed by atoms with Crippen LogP contribution in [0.4, 0.5) is 0 Å². The normalized spacial score (nSPS) is 29.6. The molecule has 4 heteroatoms. The third kappa shape index (κ3) is 2.90. The highest BCUT2D eigenvalue weighted by Gasteiger charge is 2.34. The minimum absolute atomic E-state index is 0.448. The van der Waals surface area contributed by atoms with Crippen molar-refractivity contribution in [2.75, 3.05) is 20.0 Å². The summed E-state index contributed by atoms with van der Waals surface area (Å²) >= 11 is 0. The van der Waals surface area contributed by atoms with E-state index >= 15 is 0 Å². The summed E-state index contributed by atoms with van der Waals surface area (Å²) in [5, 5.41) is 3.49. The van der Waals surface area contributed by atoms with Crippen LogP contribution >= 0.6 is 0 Å². The zero-order valence-corrected chi connectivity index (χ0v) is 13.3. The zero-order chi connectivity index (χ0) is 14.2. The second-order valence-corrected chi connectivity index (χ2v) is 6.62. The van der Waals surface area contributed by atoms with Crippen molar-refractivity contribution in [1.82, 2.24) is 20.0 Å². The SMILES string of the molecule is CC(C)C1=CN2CNCN(C2)C(C)N1C(C)C(C)C. The van der Waals surface area contributed by atoms with E-state index < -0.39 is 0 Å². The van der Waals surface area contributed by atoms with Crippen LogP contribution in [0.3, 0.4) is 0 Å². The van der Waals surface area contributed by atoms with Crippen LogP contribution in [0.5, 0.6) is 0 Å². The molecule has 1 N–H and O–H groups in total. The molecule has 0 amide bonds. The number of fused-ring (bicyclic) bond motifs is 2. The number of nitrogens with zero attached hydrogens (tertiary/aromatic N) is 3. The van der Waals surface area contributed by atoms with Crippen LogP contribution in [-0.4, -0.2) is 46.9 Å². The van der Waals surface area contributed by atoms with Gasteiger partial charge < -0.3 is 9.80 Å². The van der Waals surface area contributed by atoms with Crippen molar-refractivity contribution in [3.8, 4) is 0 Å². The van der Waals surface area contributed by atoms with Crippen molar-refractivity contribution in [3.63, 3.8) is 0 Å². The molecule has 0 spiro atoms. The standard InChI is InChI=1S/C15H30N4/c1-11(2)13(5)19-14(6)18-9-16-8-17(10-18)7-15(19)12(3)4/h7,11-14,16H,8-10H2,1-6H3. The number of allylic oxidation sites excluding steroid dienone is 1. The fraction of sp³-hybridized carbons (Fsp3) is 0.867. The summed E-state index contributed by atoms with van der Waals surface area (Å²) in [6, 6.07) is 0.559. The van der Waals surface area contributed by atoms with Crippen molar-refractivity contribution in [1.29, 1.82) is 0 Å². The summed E-state index contributed by atoms with van der Waals surface area (Å²) in [4.78, 5) is 7.53. The minimum Gasteiger partial charge on any atom is -0.355 e. The molecular formula is C15H30N4. The third-order valence-corrected chi connectivity index (χ3v) is 4.53. The summed E-state index contributed by atoms with van der Waals surface area (Å²) in [6.07, 6.45) is 2.82. The van der Waals surface area contributed by atoms with Gasteiger partial charge in [-0.3, -0.25) is 10.2 Å². The maximum Gasteiger partial charge on any atom is 0.0818 e. The maximum atomic E-state index is 3.49. The number of nitrogens with one attached hydrogen (secondary N) is 1. The van der Waals surface area contributed by atoms with Gasteiger partial charge in [0.05, 0.1) is 26.2 Å². The molecule has 1 saturated heterocycles. The largest absolute Gasteiger partial charge is 0.355 e. The molecule has 2 aliphatic rings. The number of hydrogen-bond acceptors (Lipinski definition) is 4. The Labute approximate surface area is 118 Å². The minimum atomic E-state index is 0.448. The Morgan fingerprint density at radius 1 is 1.16 bits per heavy atom. The smallest absolute Gasteiger partial charge is 0.0818 e. The topological polar surface area (TPSA) is 21.8 Å². The Bertz CT molecular complexity index is 337. The van der Waals surface area contributed by atoms with Gasteiger partial charge in [-0.15, -0.1) is 0 Å². The maximum absolute atomic E-state index is 3.49. The molecule has 0 radical (unpaired) electrons. The first-order valence-electron chi connectivity index (χ1n) is 7.60. The second kappa shape index (κ2) is 5.71. The van der Waals surface area contributed by atoms with Crippen LogP contribution in [-0.2, 0) is 0 Å². The van der Waals surface area contributed by atoms with Crippen LogP contribution < -0.4 is 5.32 Å². The Morgan fingerprint density at radius 2 is 1.84 bits per heavy atom. The van der Waals surface area contributed by atoms with Crippen molar-refractivity contribution >= 4 is 0 Å². The van der Waals surface area contributed by atoms with Gasteiger partial charge in [0.25, 0.3) is 0 Å². The first-order valence-corrected chi connectivity index (χ1v) is 7.60. The lowest BCUT2D eigenvalue weighted by Gasteiger charge is -2.45. The lowest BCUT2D eigenvalue weighted by atomic mass is 10.00. The van der Waals surface area contributed by atoms with Crippen molar-refractivity contribution in [2.45, 2.75) is 53.8 Å². The molecule has 3 unspecified atom stereocenters.